The second-order valence-corrected chi connectivity index (χ2v) is 6.30. The Bertz CT molecular complexity index is 879. The minimum absolute atomic E-state index is 0.352. The van der Waals surface area contributed by atoms with Crippen molar-refractivity contribution in [3.05, 3.63) is 65.5 Å². The van der Waals surface area contributed by atoms with Gasteiger partial charge in [-0.25, -0.2) is 9.18 Å². The normalized spacial score (nSPS) is 12.9. The van der Waals surface area contributed by atoms with Gasteiger partial charge in [0.15, 0.2) is 6.10 Å². The molecule has 0 saturated carbocycles. The van der Waals surface area contributed by atoms with Gasteiger partial charge in [0.25, 0.3) is 5.91 Å². The number of amides is 1. The van der Waals surface area contributed by atoms with Crippen molar-refractivity contribution in [3.63, 3.8) is 0 Å². The fourth-order valence-corrected chi connectivity index (χ4v) is 2.55. The summed E-state index contributed by atoms with van der Waals surface area (Å²) in [5.41, 5.74) is 1.40. The third-order valence-corrected chi connectivity index (χ3v) is 4.23. The van der Waals surface area contributed by atoms with E-state index in [2.05, 4.69) is 5.32 Å². The Labute approximate surface area is 169 Å². The highest BCUT2D eigenvalue weighted by Crippen LogP contribution is 2.25. The Morgan fingerprint density at radius 1 is 1.03 bits per heavy atom. The second-order valence-electron chi connectivity index (χ2n) is 6.30. The Hall–Kier alpha value is -3.35. The first-order valence-electron chi connectivity index (χ1n) is 9.00. The van der Waals surface area contributed by atoms with Crippen molar-refractivity contribution >= 4 is 18.0 Å². The summed E-state index contributed by atoms with van der Waals surface area (Å²) in [6, 6.07) is 10.6. The van der Waals surface area contributed by atoms with Crippen LogP contribution in [0.1, 0.15) is 31.0 Å². The van der Waals surface area contributed by atoms with Crippen LogP contribution in [0.2, 0.25) is 0 Å². The molecule has 0 fully saturated rings. The van der Waals surface area contributed by atoms with Crippen LogP contribution in [-0.2, 0) is 14.3 Å². The minimum Gasteiger partial charge on any atom is -0.497 e. The number of hydrogen-bond donors (Lipinski definition) is 1. The maximum absolute atomic E-state index is 13.0. The summed E-state index contributed by atoms with van der Waals surface area (Å²) in [5.74, 6) is -0.310. The van der Waals surface area contributed by atoms with Gasteiger partial charge in [0.2, 0.25) is 0 Å². The van der Waals surface area contributed by atoms with Crippen molar-refractivity contribution in [1.82, 2.24) is 5.32 Å². The average Bonchev–Trinajstić information content (AvgIpc) is 2.72. The van der Waals surface area contributed by atoms with Crippen molar-refractivity contribution in [3.8, 4) is 11.5 Å². The molecule has 2 aromatic carbocycles. The highest BCUT2D eigenvalue weighted by Gasteiger charge is 2.19. The summed E-state index contributed by atoms with van der Waals surface area (Å²) < 4.78 is 28.5. The largest absolute Gasteiger partial charge is 0.497 e. The quantitative estimate of drug-likeness (QED) is 0.540. The molecule has 0 bridgehead atoms. The lowest BCUT2D eigenvalue weighted by atomic mass is 10.1. The third kappa shape index (κ3) is 6.34. The van der Waals surface area contributed by atoms with Gasteiger partial charge in [0.1, 0.15) is 17.3 Å². The van der Waals surface area contributed by atoms with E-state index in [-0.39, 0.29) is 11.9 Å². The molecule has 0 heterocycles. The summed E-state index contributed by atoms with van der Waals surface area (Å²) in [6.07, 6.45) is 1.76. The van der Waals surface area contributed by atoms with Crippen molar-refractivity contribution in [1.29, 1.82) is 0 Å². The number of methoxy groups -OCH3 is 2. The molecule has 7 heteroatoms. The molecule has 1 amide bonds. The topological polar surface area (TPSA) is 73.9 Å². The minimum atomic E-state index is -0.993. The van der Waals surface area contributed by atoms with Crippen LogP contribution in [0, 0.1) is 5.82 Å². The fourth-order valence-electron chi connectivity index (χ4n) is 2.55. The molecule has 0 aliphatic carbocycles. The van der Waals surface area contributed by atoms with Crippen LogP contribution in [0.5, 0.6) is 11.5 Å². The van der Waals surface area contributed by atoms with E-state index in [4.69, 9.17) is 14.2 Å². The average molecular weight is 401 g/mol. The molecule has 2 rings (SSSR count). The highest BCUT2D eigenvalue weighted by atomic mass is 19.1. The number of nitrogens with one attached hydrogen (secondary N) is 1. The van der Waals surface area contributed by atoms with Crippen LogP contribution >= 0.6 is 0 Å². The molecule has 2 atom stereocenters. The van der Waals surface area contributed by atoms with Crippen LogP contribution in [0.15, 0.2) is 48.5 Å². The molecule has 6 nitrogen and oxygen atoms in total. The molecular weight excluding hydrogens is 377 g/mol. The van der Waals surface area contributed by atoms with Gasteiger partial charge in [-0.2, -0.15) is 0 Å². The van der Waals surface area contributed by atoms with Gasteiger partial charge < -0.3 is 19.5 Å². The zero-order valence-corrected chi connectivity index (χ0v) is 16.8. The van der Waals surface area contributed by atoms with Gasteiger partial charge in [-0.1, -0.05) is 12.1 Å². The number of hydrogen-bond acceptors (Lipinski definition) is 5. The van der Waals surface area contributed by atoms with Crippen LogP contribution in [0.3, 0.4) is 0 Å². The van der Waals surface area contributed by atoms with E-state index in [1.165, 1.54) is 38.3 Å². The van der Waals surface area contributed by atoms with Crippen LogP contribution < -0.4 is 14.8 Å². The lowest BCUT2D eigenvalue weighted by Gasteiger charge is -2.18. The first-order chi connectivity index (χ1) is 13.8. The maximum Gasteiger partial charge on any atom is 0.331 e. The van der Waals surface area contributed by atoms with Gasteiger partial charge in [0, 0.05) is 17.7 Å². The molecule has 0 aliphatic heterocycles. The van der Waals surface area contributed by atoms with E-state index >= 15 is 0 Å². The molecule has 1 N–H and O–H groups in total. The van der Waals surface area contributed by atoms with Crippen molar-refractivity contribution in [2.24, 2.45) is 0 Å². The first-order valence-corrected chi connectivity index (χ1v) is 9.00. The molecule has 0 saturated heterocycles. The van der Waals surface area contributed by atoms with Crippen molar-refractivity contribution in [2.45, 2.75) is 26.0 Å². The van der Waals surface area contributed by atoms with Crippen molar-refractivity contribution in [2.75, 3.05) is 14.2 Å². The predicted octanol–water partition coefficient (Wildman–Crippen LogP) is 3.67. The van der Waals surface area contributed by atoms with E-state index in [0.717, 1.165) is 5.56 Å². The van der Waals surface area contributed by atoms with Crippen LogP contribution in [-0.4, -0.2) is 32.2 Å². The highest BCUT2D eigenvalue weighted by molar-refractivity contribution is 5.90. The molecule has 0 spiro atoms. The van der Waals surface area contributed by atoms with E-state index < -0.39 is 18.0 Å². The molecule has 154 valence electrons. The van der Waals surface area contributed by atoms with E-state index in [0.29, 0.717) is 17.1 Å². The zero-order valence-electron chi connectivity index (χ0n) is 16.8. The van der Waals surface area contributed by atoms with Crippen LogP contribution in [0.4, 0.5) is 4.39 Å². The summed E-state index contributed by atoms with van der Waals surface area (Å²) >= 11 is 0. The molecule has 0 radical (unpaired) electrons. The predicted molar refractivity (Wildman–Crippen MR) is 107 cm³/mol. The Kier molecular flexibility index (Phi) is 7.77. The number of carbonyl (C=O) groups is 2. The number of esters is 1. The van der Waals surface area contributed by atoms with Gasteiger partial charge in [-0.05, 0) is 49.8 Å². The molecule has 29 heavy (non-hydrogen) atoms. The van der Waals surface area contributed by atoms with E-state index in [1.54, 1.807) is 44.4 Å². The summed E-state index contributed by atoms with van der Waals surface area (Å²) in [4.78, 5) is 24.3. The second kappa shape index (κ2) is 10.3. The molecule has 0 aromatic heterocycles. The van der Waals surface area contributed by atoms with Gasteiger partial charge in [0.05, 0.1) is 20.3 Å². The van der Waals surface area contributed by atoms with E-state index in [1.807, 2.05) is 0 Å². The Morgan fingerprint density at radius 3 is 2.34 bits per heavy atom. The number of rotatable bonds is 8. The summed E-state index contributed by atoms with van der Waals surface area (Å²) in [7, 11) is 3.06. The number of ether oxygens (including phenoxy) is 3. The summed E-state index contributed by atoms with van der Waals surface area (Å²) in [5, 5.41) is 2.73. The van der Waals surface area contributed by atoms with Gasteiger partial charge in [-0.15, -0.1) is 0 Å². The lowest BCUT2D eigenvalue weighted by Crippen LogP contribution is -2.37. The Morgan fingerprint density at radius 2 is 1.72 bits per heavy atom. The third-order valence-electron chi connectivity index (χ3n) is 4.23. The Balaban J connectivity index is 1.93. The molecule has 2 aromatic rings. The van der Waals surface area contributed by atoms with Crippen molar-refractivity contribution < 1.29 is 28.2 Å². The SMILES string of the molecule is COc1ccc(/C=C/C(=O)OC(C)C(=O)NC(C)c2ccc(F)cc2)c(OC)c1. The van der Waals surface area contributed by atoms with Gasteiger partial charge in [-0.3, -0.25) is 4.79 Å². The number of halogens is 1. The molecule has 0 aliphatic rings. The smallest absolute Gasteiger partial charge is 0.331 e. The maximum atomic E-state index is 13.0. The van der Waals surface area contributed by atoms with Crippen LogP contribution in [0.25, 0.3) is 6.08 Å². The molecule has 2 unspecified atom stereocenters. The summed E-state index contributed by atoms with van der Waals surface area (Å²) in [6.45, 7) is 3.24. The zero-order chi connectivity index (χ0) is 21.4. The fraction of sp³-hybridized carbons (Fsp3) is 0.273. The molecular formula is C22H24FNO5. The monoisotopic (exact) mass is 401 g/mol. The lowest BCUT2D eigenvalue weighted by molar-refractivity contribution is -0.150. The van der Waals surface area contributed by atoms with Gasteiger partial charge >= 0.3 is 5.97 Å². The number of benzene rings is 2. The first kappa shape index (κ1) is 21.9. The number of carbonyl (C=O) groups excluding carboxylic acids is 2. The standard InChI is InChI=1S/C22H24FNO5/c1-14(16-5-9-18(23)10-6-16)24-22(26)15(2)29-21(25)12-8-17-7-11-19(27-3)13-20(17)28-4/h5-15H,1-4H3,(H,24,26)/b12-8+. The van der Waals surface area contributed by atoms with E-state index in [9.17, 15) is 14.0 Å².